The molecule has 3 rings (SSSR count). The van der Waals surface area contributed by atoms with Gasteiger partial charge in [-0.25, -0.2) is 9.07 Å². The molecule has 0 saturated heterocycles. The van der Waals surface area contributed by atoms with Gasteiger partial charge in [-0.3, -0.25) is 4.79 Å². The average Bonchev–Trinajstić information content (AvgIpc) is 3.25. The Morgan fingerprint density at radius 1 is 1.38 bits per heavy atom. The molecule has 1 amide bonds. The first-order valence-corrected chi connectivity index (χ1v) is 7.41. The van der Waals surface area contributed by atoms with Gasteiger partial charge in [0.25, 0.3) is 5.91 Å². The van der Waals surface area contributed by atoms with Crippen LogP contribution in [-0.4, -0.2) is 15.7 Å². The maximum Gasteiger partial charge on any atom is 0.272 e. The summed E-state index contributed by atoms with van der Waals surface area (Å²) in [5.74, 6) is 0.216. The number of hydrogen-bond acceptors (Lipinski definition) is 4. The molecule has 0 bridgehead atoms. The molecule has 2 heterocycles. The third-order valence-electron chi connectivity index (χ3n) is 3.13. The third kappa shape index (κ3) is 3.94. The lowest BCUT2D eigenvalue weighted by Crippen LogP contribution is -2.23. The van der Waals surface area contributed by atoms with Gasteiger partial charge in [0, 0.05) is 12.3 Å². The van der Waals surface area contributed by atoms with Gasteiger partial charge in [-0.2, -0.15) is 5.10 Å². The van der Waals surface area contributed by atoms with Crippen molar-refractivity contribution in [2.24, 2.45) is 0 Å². The van der Waals surface area contributed by atoms with E-state index in [1.165, 1.54) is 29.1 Å². The number of nitrogens with one attached hydrogen (secondary N) is 1. The fourth-order valence-corrected chi connectivity index (χ4v) is 2.10. The number of aromatic nitrogens is 2. The number of ether oxygens (including phenoxy) is 1. The van der Waals surface area contributed by atoms with E-state index in [4.69, 9.17) is 20.8 Å². The summed E-state index contributed by atoms with van der Waals surface area (Å²) in [5, 5.41) is 6.78. The maximum absolute atomic E-state index is 13.1. The normalized spacial score (nSPS) is 10.6. The van der Waals surface area contributed by atoms with Crippen LogP contribution in [-0.2, 0) is 13.3 Å². The number of carbonyl (C=O) groups is 1. The van der Waals surface area contributed by atoms with Gasteiger partial charge in [-0.1, -0.05) is 11.6 Å². The fourth-order valence-electron chi connectivity index (χ4n) is 1.93. The Morgan fingerprint density at radius 3 is 3.00 bits per heavy atom. The van der Waals surface area contributed by atoms with Crippen LogP contribution in [0.3, 0.4) is 0 Å². The summed E-state index contributed by atoms with van der Waals surface area (Å²) in [5.41, 5.74) is 0.252. The van der Waals surface area contributed by atoms with E-state index in [2.05, 4.69) is 10.4 Å². The van der Waals surface area contributed by atoms with Gasteiger partial charge in [0.1, 0.15) is 23.0 Å². The van der Waals surface area contributed by atoms with E-state index in [-0.39, 0.29) is 29.9 Å². The topological polar surface area (TPSA) is 69.3 Å². The summed E-state index contributed by atoms with van der Waals surface area (Å²) in [6, 6.07) is 9.13. The van der Waals surface area contributed by atoms with Crippen molar-refractivity contribution >= 4 is 17.5 Å². The molecule has 24 heavy (non-hydrogen) atoms. The lowest BCUT2D eigenvalue weighted by Gasteiger charge is -2.06. The van der Waals surface area contributed by atoms with Crippen molar-refractivity contribution < 1.29 is 18.3 Å². The van der Waals surface area contributed by atoms with Crippen LogP contribution in [0.5, 0.6) is 5.75 Å². The minimum absolute atomic E-state index is 0.0223. The second-order valence-electron chi connectivity index (χ2n) is 4.85. The molecule has 0 aliphatic heterocycles. The number of nitrogens with zero attached hydrogens (tertiary/aromatic N) is 2. The van der Waals surface area contributed by atoms with Crippen LogP contribution in [0.15, 0.2) is 53.3 Å². The highest BCUT2D eigenvalue weighted by molar-refractivity contribution is 6.30. The molecule has 1 aromatic carbocycles. The van der Waals surface area contributed by atoms with Crippen molar-refractivity contribution in [2.45, 2.75) is 13.3 Å². The molecule has 1 N–H and O–H groups in total. The zero-order valence-electron chi connectivity index (χ0n) is 12.4. The highest BCUT2D eigenvalue weighted by Crippen LogP contribution is 2.21. The van der Waals surface area contributed by atoms with Crippen LogP contribution < -0.4 is 10.1 Å². The predicted molar refractivity (Wildman–Crippen MR) is 84.1 cm³/mol. The van der Waals surface area contributed by atoms with E-state index in [9.17, 15) is 9.18 Å². The molecule has 3 aromatic rings. The highest BCUT2D eigenvalue weighted by Gasteiger charge is 2.10. The van der Waals surface area contributed by atoms with Crippen LogP contribution in [0, 0.1) is 5.82 Å². The molecule has 0 fully saturated rings. The van der Waals surface area contributed by atoms with Gasteiger partial charge in [0.2, 0.25) is 0 Å². The molecule has 0 unspecified atom stereocenters. The number of furan rings is 1. The Balaban J connectivity index is 1.54. The molecule has 0 radical (unpaired) electrons. The van der Waals surface area contributed by atoms with Crippen LogP contribution >= 0.6 is 11.6 Å². The minimum Gasteiger partial charge on any atom is -0.471 e. The van der Waals surface area contributed by atoms with Gasteiger partial charge in [0.15, 0.2) is 6.73 Å². The van der Waals surface area contributed by atoms with Crippen molar-refractivity contribution in [3.05, 3.63) is 71.2 Å². The van der Waals surface area contributed by atoms with Crippen molar-refractivity contribution in [1.82, 2.24) is 15.1 Å². The molecular weight excluding hydrogens is 337 g/mol. The fraction of sp³-hybridized carbons (Fsp3) is 0.125. The van der Waals surface area contributed by atoms with Gasteiger partial charge in [-0.15, -0.1) is 0 Å². The Hall–Kier alpha value is -2.80. The smallest absolute Gasteiger partial charge is 0.272 e. The maximum atomic E-state index is 13.1. The van der Waals surface area contributed by atoms with E-state index >= 15 is 0 Å². The van der Waals surface area contributed by atoms with Crippen molar-refractivity contribution in [3.8, 4) is 5.75 Å². The Labute approximate surface area is 141 Å². The second kappa shape index (κ2) is 7.18. The first kappa shape index (κ1) is 16.1. The lowest BCUT2D eigenvalue weighted by atomic mass is 10.3. The van der Waals surface area contributed by atoms with Gasteiger partial charge < -0.3 is 14.5 Å². The van der Waals surface area contributed by atoms with E-state index in [0.717, 1.165) is 0 Å². The second-order valence-corrected chi connectivity index (χ2v) is 5.26. The zero-order valence-corrected chi connectivity index (χ0v) is 13.2. The molecule has 0 aliphatic carbocycles. The number of amides is 1. The quantitative estimate of drug-likeness (QED) is 0.741. The summed E-state index contributed by atoms with van der Waals surface area (Å²) in [7, 11) is 0. The number of hydrogen-bond donors (Lipinski definition) is 1. The van der Waals surface area contributed by atoms with Crippen LogP contribution in [0.25, 0.3) is 0 Å². The Kier molecular flexibility index (Phi) is 4.81. The van der Waals surface area contributed by atoms with Crippen LogP contribution in [0.2, 0.25) is 5.02 Å². The SMILES string of the molecule is O=C(NCc1ccco1)c1ccn(COc2ccc(F)c(Cl)c2)n1. The zero-order chi connectivity index (χ0) is 16.9. The lowest BCUT2D eigenvalue weighted by molar-refractivity contribution is 0.0941. The molecule has 8 heteroatoms. The minimum atomic E-state index is -0.515. The largest absolute Gasteiger partial charge is 0.471 e. The first-order valence-electron chi connectivity index (χ1n) is 7.04. The number of benzene rings is 1. The highest BCUT2D eigenvalue weighted by atomic mass is 35.5. The molecule has 2 aromatic heterocycles. The van der Waals surface area contributed by atoms with Gasteiger partial charge in [-0.05, 0) is 30.3 Å². The van der Waals surface area contributed by atoms with Gasteiger partial charge in [0.05, 0.1) is 17.8 Å². The van der Waals surface area contributed by atoms with Crippen molar-refractivity contribution in [3.63, 3.8) is 0 Å². The average molecular weight is 350 g/mol. The molecule has 0 atom stereocenters. The monoisotopic (exact) mass is 349 g/mol. The molecule has 0 aliphatic rings. The number of rotatable bonds is 6. The molecule has 124 valence electrons. The summed E-state index contributed by atoms with van der Waals surface area (Å²) in [6.45, 7) is 0.344. The molecule has 0 spiro atoms. The van der Waals surface area contributed by atoms with E-state index in [0.29, 0.717) is 11.5 Å². The van der Waals surface area contributed by atoms with Crippen LogP contribution in [0.4, 0.5) is 4.39 Å². The van der Waals surface area contributed by atoms with E-state index in [1.807, 2.05) is 0 Å². The summed E-state index contributed by atoms with van der Waals surface area (Å²) >= 11 is 5.68. The molecule has 6 nitrogen and oxygen atoms in total. The number of halogens is 2. The van der Waals surface area contributed by atoms with Gasteiger partial charge >= 0.3 is 0 Å². The third-order valence-corrected chi connectivity index (χ3v) is 3.42. The van der Waals surface area contributed by atoms with Crippen LogP contribution in [0.1, 0.15) is 16.2 Å². The summed E-state index contributed by atoms with van der Waals surface area (Å²) in [6.07, 6.45) is 3.14. The molecule has 0 saturated carbocycles. The molecular formula is C16H13ClFN3O3. The number of carbonyl (C=O) groups excluding carboxylic acids is 1. The van der Waals surface area contributed by atoms with Crippen molar-refractivity contribution in [1.29, 1.82) is 0 Å². The Bertz CT molecular complexity index is 833. The van der Waals surface area contributed by atoms with E-state index < -0.39 is 5.82 Å². The Morgan fingerprint density at radius 2 is 2.25 bits per heavy atom. The standard InChI is InChI=1S/C16H13ClFN3O3/c17-13-8-11(3-4-14(13)18)24-10-21-6-5-15(20-21)16(22)19-9-12-2-1-7-23-12/h1-8H,9-10H2,(H,19,22). The predicted octanol–water partition coefficient (Wildman–Crippen LogP) is 3.24. The van der Waals surface area contributed by atoms with E-state index in [1.54, 1.807) is 24.4 Å². The first-order chi connectivity index (χ1) is 11.6. The van der Waals surface area contributed by atoms with Crippen molar-refractivity contribution in [2.75, 3.05) is 0 Å². The summed E-state index contributed by atoms with van der Waals surface area (Å²) < 4.78 is 25.1. The summed E-state index contributed by atoms with van der Waals surface area (Å²) in [4.78, 5) is 12.0.